The number of thiazole rings is 1. The Labute approximate surface area is 86.0 Å². The average molecular weight is 212 g/mol. The van der Waals surface area contributed by atoms with E-state index in [0.29, 0.717) is 5.13 Å². The number of carboxylic acid groups (broad SMARTS) is 1. The van der Waals surface area contributed by atoms with E-state index >= 15 is 0 Å². The summed E-state index contributed by atoms with van der Waals surface area (Å²) in [5, 5.41) is 14.0. The first kappa shape index (κ1) is 9.45. The van der Waals surface area contributed by atoms with Gasteiger partial charge in [0.15, 0.2) is 10.8 Å². The third-order valence-electron chi connectivity index (χ3n) is 2.25. The fraction of sp³-hybridized carbons (Fsp3) is 0.556. The molecule has 2 N–H and O–H groups in total. The highest BCUT2D eigenvalue weighted by Crippen LogP contribution is 2.32. The molecule has 0 aromatic carbocycles. The molecule has 2 rings (SSSR count). The lowest BCUT2D eigenvalue weighted by Gasteiger charge is -1.99. The quantitative estimate of drug-likeness (QED) is 0.784. The van der Waals surface area contributed by atoms with Crippen LogP contribution in [-0.2, 0) is 0 Å². The Kier molecular flexibility index (Phi) is 2.67. The monoisotopic (exact) mass is 212 g/mol. The number of aromatic carboxylic acids is 1. The first-order valence-corrected chi connectivity index (χ1v) is 5.56. The zero-order chi connectivity index (χ0) is 9.97. The van der Waals surface area contributed by atoms with Gasteiger partial charge in [-0.3, -0.25) is 0 Å². The maximum atomic E-state index is 10.5. The molecule has 14 heavy (non-hydrogen) atoms. The highest BCUT2D eigenvalue weighted by Gasteiger charge is 2.20. The van der Waals surface area contributed by atoms with Gasteiger partial charge in [0.1, 0.15) is 0 Å². The van der Waals surface area contributed by atoms with Crippen LogP contribution >= 0.6 is 11.3 Å². The van der Waals surface area contributed by atoms with Crippen LogP contribution in [0.25, 0.3) is 0 Å². The second-order valence-electron chi connectivity index (χ2n) is 3.50. The van der Waals surface area contributed by atoms with Gasteiger partial charge in [0.25, 0.3) is 0 Å². The lowest BCUT2D eigenvalue weighted by molar-refractivity contribution is 0.0691. The van der Waals surface area contributed by atoms with Gasteiger partial charge in [0.2, 0.25) is 0 Å². The molecule has 1 aliphatic carbocycles. The Morgan fingerprint density at radius 1 is 1.71 bits per heavy atom. The summed E-state index contributed by atoms with van der Waals surface area (Å²) in [6, 6.07) is 0. The summed E-state index contributed by atoms with van der Waals surface area (Å²) in [6.45, 7) is 0.900. The van der Waals surface area contributed by atoms with Gasteiger partial charge >= 0.3 is 5.97 Å². The van der Waals surface area contributed by atoms with Crippen LogP contribution in [0.4, 0.5) is 5.13 Å². The van der Waals surface area contributed by atoms with Gasteiger partial charge in [-0.05, 0) is 12.3 Å². The lowest BCUT2D eigenvalue weighted by atomic mass is 10.3. The summed E-state index contributed by atoms with van der Waals surface area (Å²) >= 11 is 1.35. The van der Waals surface area contributed by atoms with E-state index in [9.17, 15) is 4.79 Å². The summed E-state index contributed by atoms with van der Waals surface area (Å²) in [6.07, 6.45) is 3.86. The maximum absolute atomic E-state index is 10.5. The molecule has 1 aromatic heterocycles. The largest absolute Gasteiger partial charge is 0.476 e. The van der Waals surface area contributed by atoms with E-state index < -0.39 is 5.97 Å². The standard InChI is InChI=1S/C9H12N2O2S/c12-8(13)7-5-14-9(11-7)10-4-3-6-1-2-6/h5-6H,1-4H2,(H,10,11)(H,12,13). The predicted molar refractivity (Wildman–Crippen MR) is 54.9 cm³/mol. The molecule has 0 atom stereocenters. The summed E-state index contributed by atoms with van der Waals surface area (Å²) < 4.78 is 0. The molecule has 5 heteroatoms. The number of hydrogen-bond acceptors (Lipinski definition) is 4. The molecule has 4 nitrogen and oxygen atoms in total. The van der Waals surface area contributed by atoms with Crippen LogP contribution in [0.1, 0.15) is 29.8 Å². The predicted octanol–water partition coefficient (Wildman–Crippen LogP) is 2.05. The average Bonchev–Trinajstić information content (AvgIpc) is 2.82. The Balaban J connectivity index is 1.79. The van der Waals surface area contributed by atoms with Crippen molar-refractivity contribution < 1.29 is 9.90 Å². The SMILES string of the molecule is O=C(O)c1csc(NCCC2CC2)n1. The molecule has 0 bridgehead atoms. The van der Waals surface area contributed by atoms with Crippen LogP contribution in [0.15, 0.2) is 5.38 Å². The summed E-state index contributed by atoms with van der Waals surface area (Å²) in [5.74, 6) is -0.0714. The molecule has 76 valence electrons. The second-order valence-corrected chi connectivity index (χ2v) is 4.36. The number of aromatic nitrogens is 1. The molecule has 1 fully saturated rings. The number of carboxylic acids is 1. The van der Waals surface area contributed by atoms with E-state index in [4.69, 9.17) is 5.11 Å². The first-order valence-electron chi connectivity index (χ1n) is 4.68. The third kappa shape index (κ3) is 2.45. The van der Waals surface area contributed by atoms with Crippen molar-refractivity contribution in [2.75, 3.05) is 11.9 Å². The molecule has 0 amide bonds. The number of nitrogens with zero attached hydrogens (tertiary/aromatic N) is 1. The van der Waals surface area contributed by atoms with Crippen molar-refractivity contribution in [3.8, 4) is 0 Å². The van der Waals surface area contributed by atoms with E-state index in [-0.39, 0.29) is 5.69 Å². The molecule has 0 radical (unpaired) electrons. The Bertz CT molecular complexity index is 333. The lowest BCUT2D eigenvalue weighted by Crippen LogP contribution is -2.03. The Morgan fingerprint density at radius 2 is 2.50 bits per heavy atom. The Morgan fingerprint density at radius 3 is 3.07 bits per heavy atom. The summed E-state index contributed by atoms with van der Waals surface area (Å²) in [4.78, 5) is 14.5. The number of nitrogens with one attached hydrogen (secondary N) is 1. The zero-order valence-electron chi connectivity index (χ0n) is 7.69. The zero-order valence-corrected chi connectivity index (χ0v) is 8.51. The fourth-order valence-corrected chi connectivity index (χ4v) is 1.96. The molecule has 0 aliphatic heterocycles. The highest BCUT2D eigenvalue weighted by molar-refractivity contribution is 7.13. The normalized spacial score (nSPS) is 15.4. The van der Waals surface area contributed by atoms with Crippen LogP contribution in [-0.4, -0.2) is 22.6 Å². The third-order valence-corrected chi connectivity index (χ3v) is 3.05. The van der Waals surface area contributed by atoms with Crippen molar-refractivity contribution in [3.63, 3.8) is 0 Å². The van der Waals surface area contributed by atoms with Crippen molar-refractivity contribution in [1.82, 2.24) is 4.98 Å². The van der Waals surface area contributed by atoms with Gasteiger partial charge in [-0.25, -0.2) is 9.78 Å². The van der Waals surface area contributed by atoms with Crippen LogP contribution in [0.3, 0.4) is 0 Å². The van der Waals surface area contributed by atoms with Crippen molar-refractivity contribution >= 4 is 22.4 Å². The van der Waals surface area contributed by atoms with E-state index in [1.807, 2.05) is 0 Å². The van der Waals surface area contributed by atoms with Gasteiger partial charge in [-0.1, -0.05) is 12.8 Å². The van der Waals surface area contributed by atoms with Crippen molar-refractivity contribution in [2.24, 2.45) is 5.92 Å². The first-order chi connectivity index (χ1) is 6.75. The molecule has 0 spiro atoms. The molecule has 1 aromatic rings. The number of hydrogen-bond donors (Lipinski definition) is 2. The molecular formula is C9H12N2O2S. The van der Waals surface area contributed by atoms with E-state index in [0.717, 1.165) is 12.5 Å². The van der Waals surface area contributed by atoms with E-state index in [2.05, 4.69) is 10.3 Å². The van der Waals surface area contributed by atoms with Crippen LogP contribution in [0, 0.1) is 5.92 Å². The van der Waals surface area contributed by atoms with Gasteiger partial charge in [-0.2, -0.15) is 0 Å². The van der Waals surface area contributed by atoms with Crippen molar-refractivity contribution in [2.45, 2.75) is 19.3 Å². The Hall–Kier alpha value is -1.10. The van der Waals surface area contributed by atoms with E-state index in [1.165, 1.54) is 30.6 Å². The minimum atomic E-state index is -0.962. The minimum absolute atomic E-state index is 0.129. The summed E-state index contributed by atoms with van der Waals surface area (Å²) in [5.41, 5.74) is 0.129. The molecule has 0 saturated heterocycles. The molecule has 1 aliphatic rings. The molecular weight excluding hydrogens is 200 g/mol. The number of carbonyl (C=O) groups is 1. The van der Waals surface area contributed by atoms with Crippen LogP contribution < -0.4 is 5.32 Å². The number of anilines is 1. The van der Waals surface area contributed by atoms with Gasteiger partial charge < -0.3 is 10.4 Å². The molecule has 0 unspecified atom stereocenters. The highest BCUT2D eigenvalue weighted by atomic mass is 32.1. The van der Waals surface area contributed by atoms with Gasteiger partial charge in [0, 0.05) is 11.9 Å². The van der Waals surface area contributed by atoms with Crippen LogP contribution in [0.2, 0.25) is 0 Å². The van der Waals surface area contributed by atoms with Gasteiger partial charge in [0.05, 0.1) is 0 Å². The maximum Gasteiger partial charge on any atom is 0.355 e. The van der Waals surface area contributed by atoms with Crippen molar-refractivity contribution in [3.05, 3.63) is 11.1 Å². The second kappa shape index (κ2) is 3.96. The van der Waals surface area contributed by atoms with Crippen LogP contribution in [0.5, 0.6) is 0 Å². The van der Waals surface area contributed by atoms with Crippen molar-refractivity contribution in [1.29, 1.82) is 0 Å². The molecule has 1 heterocycles. The molecule has 1 saturated carbocycles. The topological polar surface area (TPSA) is 62.2 Å². The number of rotatable bonds is 5. The van der Waals surface area contributed by atoms with Gasteiger partial charge in [-0.15, -0.1) is 11.3 Å². The summed E-state index contributed by atoms with van der Waals surface area (Å²) in [7, 11) is 0. The van der Waals surface area contributed by atoms with E-state index in [1.54, 1.807) is 5.38 Å². The smallest absolute Gasteiger partial charge is 0.355 e. The minimum Gasteiger partial charge on any atom is -0.476 e. The fourth-order valence-electron chi connectivity index (χ4n) is 1.24.